The molecule has 0 radical (unpaired) electrons. The molecule has 0 amide bonds. The highest BCUT2D eigenvalue weighted by molar-refractivity contribution is 5.41. The first-order chi connectivity index (χ1) is 9.65. The van der Waals surface area contributed by atoms with Gasteiger partial charge < -0.3 is 19.8 Å². The average Bonchev–Trinajstić information content (AvgIpc) is 2.78. The van der Waals surface area contributed by atoms with Crippen molar-refractivity contribution in [1.82, 2.24) is 14.8 Å². The summed E-state index contributed by atoms with van der Waals surface area (Å²) in [7, 11) is 3.55. The van der Waals surface area contributed by atoms with E-state index in [4.69, 9.17) is 15.2 Å². The first kappa shape index (κ1) is 14.3. The average molecular weight is 276 g/mol. The first-order valence-electron chi connectivity index (χ1n) is 6.50. The van der Waals surface area contributed by atoms with Crippen LogP contribution in [0.1, 0.15) is 17.2 Å². The predicted octanol–water partition coefficient (Wildman–Crippen LogP) is 1.21. The Balaban J connectivity index is 2.16. The molecule has 20 heavy (non-hydrogen) atoms. The number of ether oxygens (including phenoxy) is 2. The van der Waals surface area contributed by atoms with Crippen molar-refractivity contribution in [3.05, 3.63) is 35.4 Å². The van der Waals surface area contributed by atoms with Gasteiger partial charge in [0, 0.05) is 13.1 Å². The Hall–Kier alpha value is -2.08. The third-order valence-corrected chi connectivity index (χ3v) is 3.23. The molecule has 0 aliphatic heterocycles. The van der Waals surface area contributed by atoms with Crippen LogP contribution in [0.25, 0.3) is 0 Å². The zero-order valence-corrected chi connectivity index (χ0v) is 12.1. The van der Waals surface area contributed by atoms with Gasteiger partial charge in [-0.1, -0.05) is 6.07 Å². The van der Waals surface area contributed by atoms with Gasteiger partial charge in [-0.15, -0.1) is 10.2 Å². The molecule has 0 spiro atoms. The Morgan fingerprint density at radius 1 is 1.30 bits per heavy atom. The fourth-order valence-corrected chi connectivity index (χ4v) is 1.88. The maximum Gasteiger partial charge on any atom is 0.170 e. The Kier molecular flexibility index (Phi) is 4.57. The van der Waals surface area contributed by atoms with E-state index in [1.165, 1.54) is 0 Å². The molecule has 0 atom stereocenters. The van der Waals surface area contributed by atoms with E-state index in [0.29, 0.717) is 13.2 Å². The second-order valence-electron chi connectivity index (χ2n) is 4.52. The largest absolute Gasteiger partial charge is 0.497 e. The van der Waals surface area contributed by atoms with Crippen molar-refractivity contribution in [2.75, 3.05) is 13.7 Å². The molecule has 2 rings (SSSR count). The molecule has 0 unspecified atom stereocenters. The first-order valence-corrected chi connectivity index (χ1v) is 6.50. The maximum atomic E-state index is 5.85. The van der Waals surface area contributed by atoms with Crippen molar-refractivity contribution >= 4 is 0 Å². The highest BCUT2D eigenvalue weighted by Crippen LogP contribution is 2.25. The molecule has 108 valence electrons. The van der Waals surface area contributed by atoms with Crippen molar-refractivity contribution in [3.63, 3.8) is 0 Å². The molecule has 6 nitrogen and oxygen atoms in total. The van der Waals surface area contributed by atoms with Gasteiger partial charge in [-0.2, -0.15) is 0 Å². The van der Waals surface area contributed by atoms with Gasteiger partial charge >= 0.3 is 0 Å². The van der Waals surface area contributed by atoms with Gasteiger partial charge in [0.25, 0.3) is 0 Å². The molecule has 0 aliphatic carbocycles. The van der Waals surface area contributed by atoms with Crippen LogP contribution in [0.3, 0.4) is 0 Å². The van der Waals surface area contributed by atoms with Crippen LogP contribution in [0.15, 0.2) is 18.2 Å². The Labute approximate surface area is 118 Å². The van der Waals surface area contributed by atoms with Crippen LogP contribution in [0.2, 0.25) is 0 Å². The van der Waals surface area contributed by atoms with Gasteiger partial charge in [-0.3, -0.25) is 0 Å². The number of aromatic nitrogens is 3. The molecule has 0 saturated heterocycles. The van der Waals surface area contributed by atoms with Crippen LogP contribution in [-0.2, 0) is 20.1 Å². The van der Waals surface area contributed by atoms with Crippen LogP contribution < -0.4 is 15.2 Å². The Morgan fingerprint density at radius 2 is 2.10 bits per heavy atom. The summed E-state index contributed by atoms with van der Waals surface area (Å²) in [4.78, 5) is 0. The fraction of sp³-hybridized carbons (Fsp3) is 0.429. The van der Waals surface area contributed by atoms with Crippen LogP contribution in [0.4, 0.5) is 0 Å². The number of rotatable bonds is 6. The van der Waals surface area contributed by atoms with Gasteiger partial charge in [0.15, 0.2) is 5.82 Å². The van der Waals surface area contributed by atoms with Crippen LogP contribution in [-0.4, -0.2) is 28.4 Å². The number of nitrogens with zero attached hydrogens (tertiary/aromatic N) is 3. The number of benzene rings is 1. The van der Waals surface area contributed by atoms with Gasteiger partial charge in [0.2, 0.25) is 0 Å². The molecule has 1 heterocycles. The highest BCUT2D eigenvalue weighted by Gasteiger charge is 2.09. The van der Waals surface area contributed by atoms with Gasteiger partial charge in [-0.05, 0) is 31.5 Å². The van der Waals surface area contributed by atoms with Gasteiger partial charge in [-0.25, -0.2) is 0 Å². The SMILES string of the molecule is COc1ccc(CCN)c(OCc2nnc(C)n2C)c1. The summed E-state index contributed by atoms with van der Waals surface area (Å²) < 4.78 is 13.0. The molecule has 0 aliphatic rings. The van der Waals surface area contributed by atoms with Crippen molar-refractivity contribution in [3.8, 4) is 11.5 Å². The number of methoxy groups -OCH3 is 1. The number of nitrogens with two attached hydrogens (primary N) is 1. The third kappa shape index (κ3) is 3.08. The standard InChI is InChI=1S/C14H20N4O2/c1-10-16-17-14(18(10)2)9-20-13-8-12(19-3)5-4-11(13)6-7-15/h4-5,8H,6-7,9,15H2,1-3H3. The minimum atomic E-state index is 0.363. The summed E-state index contributed by atoms with van der Waals surface area (Å²) in [6.07, 6.45) is 0.761. The second kappa shape index (κ2) is 6.38. The summed E-state index contributed by atoms with van der Waals surface area (Å²) in [5.74, 6) is 3.17. The summed E-state index contributed by atoms with van der Waals surface area (Å²) in [6.45, 7) is 2.84. The molecule has 2 aromatic rings. The normalized spacial score (nSPS) is 10.6. The van der Waals surface area contributed by atoms with Crippen molar-refractivity contribution in [2.24, 2.45) is 12.8 Å². The molecular weight excluding hydrogens is 256 g/mol. The summed E-state index contributed by atoms with van der Waals surface area (Å²) >= 11 is 0. The fourth-order valence-electron chi connectivity index (χ4n) is 1.88. The van der Waals surface area contributed by atoms with Crippen molar-refractivity contribution in [2.45, 2.75) is 20.0 Å². The van der Waals surface area contributed by atoms with E-state index in [0.717, 1.165) is 35.1 Å². The van der Waals surface area contributed by atoms with E-state index >= 15 is 0 Å². The zero-order chi connectivity index (χ0) is 14.5. The van der Waals surface area contributed by atoms with E-state index < -0.39 is 0 Å². The summed E-state index contributed by atoms with van der Waals surface area (Å²) in [6, 6.07) is 5.75. The molecule has 6 heteroatoms. The third-order valence-electron chi connectivity index (χ3n) is 3.23. The van der Waals surface area contributed by atoms with E-state index in [1.54, 1.807) is 7.11 Å². The molecule has 0 saturated carbocycles. The van der Waals surface area contributed by atoms with E-state index in [1.807, 2.05) is 36.7 Å². The van der Waals surface area contributed by atoms with Gasteiger partial charge in [0.05, 0.1) is 7.11 Å². The van der Waals surface area contributed by atoms with Crippen LogP contribution in [0.5, 0.6) is 11.5 Å². The minimum absolute atomic E-state index is 0.363. The van der Waals surface area contributed by atoms with Crippen LogP contribution >= 0.6 is 0 Å². The molecule has 0 bridgehead atoms. The smallest absolute Gasteiger partial charge is 0.170 e. The minimum Gasteiger partial charge on any atom is -0.497 e. The Bertz CT molecular complexity index is 581. The number of hydrogen-bond donors (Lipinski definition) is 1. The lowest BCUT2D eigenvalue weighted by Crippen LogP contribution is -2.08. The maximum absolute atomic E-state index is 5.85. The lowest BCUT2D eigenvalue weighted by molar-refractivity contribution is 0.286. The number of aryl methyl sites for hydroxylation is 1. The summed E-state index contributed by atoms with van der Waals surface area (Å²) in [5.41, 5.74) is 6.68. The van der Waals surface area contributed by atoms with Crippen molar-refractivity contribution < 1.29 is 9.47 Å². The molecule has 2 N–H and O–H groups in total. The predicted molar refractivity (Wildman–Crippen MR) is 75.8 cm³/mol. The van der Waals surface area contributed by atoms with E-state index in [-0.39, 0.29) is 0 Å². The lowest BCUT2D eigenvalue weighted by atomic mass is 10.1. The topological polar surface area (TPSA) is 75.2 Å². The second-order valence-corrected chi connectivity index (χ2v) is 4.52. The van der Waals surface area contributed by atoms with Gasteiger partial charge in [0.1, 0.15) is 23.9 Å². The number of hydrogen-bond acceptors (Lipinski definition) is 5. The Morgan fingerprint density at radius 3 is 2.70 bits per heavy atom. The molecule has 1 aromatic carbocycles. The lowest BCUT2D eigenvalue weighted by Gasteiger charge is -2.12. The van der Waals surface area contributed by atoms with E-state index in [2.05, 4.69) is 10.2 Å². The molecule has 1 aromatic heterocycles. The van der Waals surface area contributed by atoms with Crippen LogP contribution in [0, 0.1) is 6.92 Å². The van der Waals surface area contributed by atoms with Crippen molar-refractivity contribution in [1.29, 1.82) is 0 Å². The molecular formula is C14H20N4O2. The summed E-state index contributed by atoms with van der Waals surface area (Å²) in [5, 5.41) is 8.09. The van der Waals surface area contributed by atoms with E-state index in [9.17, 15) is 0 Å². The highest BCUT2D eigenvalue weighted by atomic mass is 16.5. The quantitative estimate of drug-likeness (QED) is 0.858. The monoisotopic (exact) mass is 276 g/mol. The molecule has 0 fully saturated rings. The zero-order valence-electron chi connectivity index (χ0n) is 12.1.